The smallest absolute Gasteiger partial charge is 0.394 e. The first-order valence-electron chi connectivity index (χ1n) is 12.7. The van der Waals surface area contributed by atoms with Gasteiger partial charge in [0.15, 0.2) is 5.65 Å². The van der Waals surface area contributed by atoms with Crippen LogP contribution in [0, 0.1) is 0 Å². The average Bonchev–Trinajstić information content (AvgIpc) is 3.58. The highest BCUT2D eigenvalue weighted by Crippen LogP contribution is 2.41. The second kappa shape index (κ2) is 10.4. The summed E-state index contributed by atoms with van der Waals surface area (Å²) in [6, 6.07) is 21.3. The number of anilines is 1. The van der Waals surface area contributed by atoms with Crippen molar-refractivity contribution in [1.82, 2.24) is 14.6 Å². The molecule has 0 radical (unpaired) electrons. The highest BCUT2D eigenvalue weighted by atomic mass is 35.5. The third-order valence-corrected chi connectivity index (χ3v) is 7.81. The minimum Gasteiger partial charge on any atom is -0.394 e. The third kappa shape index (κ3) is 4.80. The fraction of sp³-hybridized carbons (Fsp3) is 0.200. The molecule has 3 heterocycles. The van der Waals surface area contributed by atoms with Crippen LogP contribution in [0.1, 0.15) is 18.4 Å². The molecule has 0 unspecified atom stereocenters. The summed E-state index contributed by atoms with van der Waals surface area (Å²) in [6.45, 7) is 0.666. The molecule has 5 nitrogen and oxygen atoms in total. The molecule has 1 atom stereocenters. The van der Waals surface area contributed by atoms with Crippen LogP contribution in [0.25, 0.3) is 39.3 Å². The molecule has 0 bridgehead atoms. The molecule has 1 saturated heterocycles. The molecule has 0 aliphatic carbocycles. The normalized spacial score (nSPS) is 15.8. The molecular weight excluding hydrogens is 560 g/mol. The van der Waals surface area contributed by atoms with E-state index in [2.05, 4.69) is 0 Å². The fourth-order valence-electron chi connectivity index (χ4n) is 5.24. The van der Waals surface area contributed by atoms with Crippen LogP contribution in [0.3, 0.4) is 0 Å². The Labute approximate surface area is 238 Å². The van der Waals surface area contributed by atoms with Gasteiger partial charge in [0.05, 0.1) is 34.5 Å². The number of aromatic nitrogens is 3. The second-order valence-electron chi connectivity index (χ2n) is 9.69. The number of nitrogens with zero attached hydrogens (tertiary/aromatic N) is 4. The summed E-state index contributed by atoms with van der Waals surface area (Å²) in [5.41, 5.74) is 3.65. The van der Waals surface area contributed by atoms with Gasteiger partial charge in [-0.2, -0.15) is 18.3 Å². The van der Waals surface area contributed by atoms with Crippen LogP contribution < -0.4 is 4.90 Å². The van der Waals surface area contributed by atoms with Crippen molar-refractivity contribution >= 4 is 34.7 Å². The molecule has 0 spiro atoms. The van der Waals surface area contributed by atoms with Crippen LogP contribution in [0.5, 0.6) is 0 Å². The van der Waals surface area contributed by atoms with Gasteiger partial charge in [-0.1, -0.05) is 65.7 Å². The maximum absolute atomic E-state index is 13.3. The van der Waals surface area contributed by atoms with E-state index in [0.717, 1.165) is 30.5 Å². The van der Waals surface area contributed by atoms with Gasteiger partial charge in [0.2, 0.25) is 0 Å². The van der Waals surface area contributed by atoms with Crippen molar-refractivity contribution in [2.24, 2.45) is 0 Å². The first-order valence-corrected chi connectivity index (χ1v) is 13.5. The Bertz CT molecular complexity index is 1690. The zero-order chi connectivity index (χ0) is 28.0. The summed E-state index contributed by atoms with van der Waals surface area (Å²) in [5.74, 6) is 0.611. The quantitative estimate of drug-likeness (QED) is 0.228. The van der Waals surface area contributed by atoms with Gasteiger partial charge >= 0.3 is 6.18 Å². The lowest BCUT2D eigenvalue weighted by Crippen LogP contribution is -2.32. The van der Waals surface area contributed by atoms with E-state index >= 15 is 0 Å². The SMILES string of the molecule is OC[C@@H]1CCCN1c1cc(-c2ccc(C(F)(F)F)cc2)n2nc(-c3ccccc3Cl)c(-c3ccc(Cl)cc3)c2n1. The van der Waals surface area contributed by atoms with Gasteiger partial charge in [0, 0.05) is 28.8 Å². The van der Waals surface area contributed by atoms with Gasteiger partial charge in [-0.05, 0) is 48.7 Å². The lowest BCUT2D eigenvalue weighted by molar-refractivity contribution is -0.137. The number of benzene rings is 3. The molecule has 5 aromatic rings. The second-order valence-corrected chi connectivity index (χ2v) is 10.5. The van der Waals surface area contributed by atoms with Gasteiger partial charge < -0.3 is 10.0 Å². The number of aliphatic hydroxyl groups is 1. The lowest BCUT2D eigenvalue weighted by Gasteiger charge is -2.25. The van der Waals surface area contributed by atoms with E-state index in [1.807, 2.05) is 41.3 Å². The van der Waals surface area contributed by atoms with Crippen molar-refractivity contribution in [1.29, 1.82) is 0 Å². The highest BCUT2D eigenvalue weighted by molar-refractivity contribution is 6.33. The van der Waals surface area contributed by atoms with Crippen LogP contribution in [0.2, 0.25) is 10.0 Å². The predicted octanol–water partition coefficient (Wildman–Crippen LogP) is 8.02. The third-order valence-electron chi connectivity index (χ3n) is 7.23. The molecule has 10 heteroatoms. The molecule has 6 rings (SSSR count). The zero-order valence-corrected chi connectivity index (χ0v) is 22.5. The predicted molar refractivity (Wildman–Crippen MR) is 152 cm³/mol. The largest absolute Gasteiger partial charge is 0.416 e. The molecule has 1 aliphatic rings. The molecule has 1 fully saturated rings. The molecular formula is C30H23Cl2F3N4O. The Morgan fingerprint density at radius 2 is 1.62 bits per heavy atom. The Kier molecular flexibility index (Phi) is 6.94. The minimum atomic E-state index is -4.45. The van der Waals surface area contributed by atoms with Gasteiger partial charge in [0.25, 0.3) is 0 Å². The van der Waals surface area contributed by atoms with Crippen molar-refractivity contribution in [3.63, 3.8) is 0 Å². The van der Waals surface area contributed by atoms with Gasteiger partial charge in [0.1, 0.15) is 11.5 Å². The number of hydrogen-bond donors (Lipinski definition) is 1. The van der Waals surface area contributed by atoms with E-state index in [1.165, 1.54) is 12.1 Å². The van der Waals surface area contributed by atoms with Crippen LogP contribution in [-0.4, -0.2) is 38.9 Å². The molecule has 2 aromatic heterocycles. The number of rotatable bonds is 5. The van der Waals surface area contributed by atoms with Gasteiger partial charge in [-0.25, -0.2) is 9.50 Å². The maximum Gasteiger partial charge on any atom is 0.416 e. The molecule has 0 saturated carbocycles. The van der Waals surface area contributed by atoms with Crippen LogP contribution >= 0.6 is 23.2 Å². The number of alkyl halides is 3. The van der Waals surface area contributed by atoms with Gasteiger partial charge in [-0.3, -0.25) is 0 Å². The molecule has 1 N–H and O–H groups in total. The number of halogens is 5. The van der Waals surface area contributed by atoms with Crippen molar-refractivity contribution in [3.8, 4) is 33.6 Å². The van der Waals surface area contributed by atoms with Crippen molar-refractivity contribution in [3.05, 3.63) is 94.5 Å². The van der Waals surface area contributed by atoms with Crippen molar-refractivity contribution < 1.29 is 18.3 Å². The van der Waals surface area contributed by atoms with Crippen LogP contribution in [-0.2, 0) is 6.18 Å². The van der Waals surface area contributed by atoms with E-state index in [-0.39, 0.29) is 12.6 Å². The molecule has 1 aliphatic heterocycles. The molecule has 40 heavy (non-hydrogen) atoms. The number of fused-ring (bicyclic) bond motifs is 1. The number of aliphatic hydroxyl groups excluding tert-OH is 1. The van der Waals surface area contributed by atoms with Gasteiger partial charge in [-0.15, -0.1) is 0 Å². The van der Waals surface area contributed by atoms with E-state index in [4.69, 9.17) is 33.3 Å². The zero-order valence-electron chi connectivity index (χ0n) is 21.0. The average molecular weight is 583 g/mol. The molecule has 3 aromatic carbocycles. The fourth-order valence-corrected chi connectivity index (χ4v) is 5.59. The van der Waals surface area contributed by atoms with Crippen molar-refractivity contribution in [2.45, 2.75) is 25.1 Å². The summed E-state index contributed by atoms with van der Waals surface area (Å²) in [7, 11) is 0. The highest BCUT2D eigenvalue weighted by Gasteiger charge is 2.31. The minimum absolute atomic E-state index is 0.0311. The Morgan fingerprint density at radius 3 is 2.30 bits per heavy atom. The number of hydrogen-bond acceptors (Lipinski definition) is 4. The first-order chi connectivity index (χ1) is 19.2. The summed E-state index contributed by atoms with van der Waals surface area (Å²) < 4.78 is 41.7. The van der Waals surface area contributed by atoms with E-state index < -0.39 is 11.7 Å². The van der Waals surface area contributed by atoms with Crippen molar-refractivity contribution in [2.75, 3.05) is 18.1 Å². The first kappa shape index (κ1) is 26.6. The topological polar surface area (TPSA) is 53.7 Å². The summed E-state index contributed by atoms with van der Waals surface area (Å²) in [4.78, 5) is 7.08. The summed E-state index contributed by atoms with van der Waals surface area (Å²) in [5, 5.41) is 16.0. The maximum atomic E-state index is 13.3. The Hall–Kier alpha value is -3.59. The summed E-state index contributed by atoms with van der Waals surface area (Å²) >= 11 is 12.8. The standard InChI is InChI=1S/C30H23Cl2F3N4O/c31-21-13-9-19(10-14-21)27-28(23-5-1-2-6-24(23)32)37-39-25(18-7-11-20(12-8-18)30(33,34)35)16-26(36-29(27)39)38-15-3-4-22(38)17-40/h1-2,5-14,16,22,40H,3-4,15,17H2/t22-/m0/s1. The monoisotopic (exact) mass is 582 g/mol. The lowest BCUT2D eigenvalue weighted by atomic mass is 10.0. The van der Waals surface area contributed by atoms with E-state index in [9.17, 15) is 18.3 Å². The van der Waals surface area contributed by atoms with E-state index in [1.54, 1.807) is 22.7 Å². The van der Waals surface area contributed by atoms with Crippen LogP contribution in [0.15, 0.2) is 78.9 Å². The van der Waals surface area contributed by atoms with Crippen LogP contribution in [0.4, 0.5) is 19.0 Å². The molecule has 0 amide bonds. The van der Waals surface area contributed by atoms with E-state index in [0.29, 0.717) is 56.1 Å². The summed E-state index contributed by atoms with van der Waals surface area (Å²) in [6.07, 6.45) is -2.75. The Balaban J connectivity index is 1.67. The Morgan fingerprint density at radius 1 is 0.925 bits per heavy atom. The molecule has 204 valence electrons.